The molecule has 0 aliphatic rings. The molecule has 0 aromatic heterocycles. The summed E-state index contributed by atoms with van der Waals surface area (Å²) in [6, 6.07) is 35.1. The summed E-state index contributed by atoms with van der Waals surface area (Å²) in [4.78, 5) is 9.54. The molecule has 2 unspecified atom stereocenters. The van der Waals surface area contributed by atoms with Gasteiger partial charge in [-0.1, -0.05) is 107 Å². The van der Waals surface area contributed by atoms with Crippen molar-refractivity contribution in [3.8, 4) is 56.8 Å². The molecule has 0 heterocycles. The van der Waals surface area contributed by atoms with Gasteiger partial charge in [0, 0.05) is 36.8 Å². The van der Waals surface area contributed by atoms with E-state index in [1.54, 1.807) is 68.2 Å². The van der Waals surface area contributed by atoms with Crippen LogP contribution < -0.4 is 9.47 Å². The molecule has 0 bridgehead atoms. The van der Waals surface area contributed by atoms with E-state index in [2.05, 4.69) is 0 Å². The zero-order valence-corrected chi connectivity index (χ0v) is 35.3. The molecule has 6 rings (SSSR count). The summed E-state index contributed by atoms with van der Waals surface area (Å²) in [5, 5.41) is 21.4. The molecule has 0 amide bonds. The fourth-order valence-corrected chi connectivity index (χ4v) is 9.24. The fraction of sp³-hybridized carbons (Fsp3) is 0.143. The van der Waals surface area contributed by atoms with Gasteiger partial charge >= 0.3 is 0 Å². The van der Waals surface area contributed by atoms with Gasteiger partial charge in [-0.25, -0.2) is 0 Å². The number of hydrogen-bond acceptors (Lipinski definition) is 7. The second-order valence-corrected chi connectivity index (χ2v) is 19.5. The molecule has 8 nitrogen and oxygen atoms in total. The Balaban J connectivity index is 0.000000215. The minimum absolute atomic E-state index is 0.0237. The van der Waals surface area contributed by atoms with Crippen LogP contribution in [0.4, 0.5) is 0 Å². The molecule has 56 heavy (non-hydrogen) atoms. The molecule has 0 saturated heterocycles. The molecule has 0 radical (unpaired) electrons. The predicted molar refractivity (Wildman–Crippen MR) is 228 cm³/mol. The van der Waals surface area contributed by atoms with Crippen LogP contribution in [0.5, 0.6) is 34.5 Å². The van der Waals surface area contributed by atoms with Gasteiger partial charge in [0.2, 0.25) is 14.7 Å². The normalized spacial score (nSPS) is 13.1. The first-order chi connectivity index (χ1) is 26.5. The van der Waals surface area contributed by atoms with Gasteiger partial charge < -0.3 is 29.1 Å². The van der Waals surface area contributed by atoms with Crippen LogP contribution in [0.1, 0.15) is 18.1 Å². The van der Waals surface area contributed by atoms with Gasteiger partial charge in [-0.3, -0.25) is 9.13 Å². The van der Waals surface area contributed by atoms with E-state index in [0.717, 1.165) is 11.1 Å². The minimum Gasteiger partial charge on any atom is -0.507 e. The number of phenolic OH excluding ortho intramolecular Hbond substituents is 2. The van der Waals surface area contributed by atoms with Gasteiger partial charge in [0.1, 0.15) is 23.0 Å². The van der Waals surface area contributed by atoms with Crippen LogP contribution >= 0.6 is 61.1 Å². The second-order valence-electron chi connectivity index (χ2n) is 12.9. The Morgan fingerprint density at radius 1 is 0.554 bits per heavy atom. The molecule has 0 saturated carbocycles. The van der Waals surface area contributed by atoms with E-state index < -0.39 is 14.7 Å². The maximum absolute atomic E-state index is 12.4. The number of ether oxygens (including phenoxy) is 2. The molecule has 6 aromatic carbocycles. The molecular weight excluding hydrogens is 836 g/mol. The summed E-state index contributed by atoms with van der Waals surface area (Å²) >= 11 is 25.3. The first kappa shape index (κ1) is 43.2. The number of halogens is 4. The van der Waals surface area contributed by atoms with Crippen molar-refractivity contribution in [1.82, 2.24) is 0 Å². The standard InChI is InChI=1S/C22H21Cl2O4P.C20H17Cl2O4P/c1-3-27-29(2,26)14-15-11-19(23)22(20(24)12-15)28-17-9-10-21(25)18(13-17)16-7-5-4-6-8-16;1-27(24,25)12-13-9-17(21)20(18(22)10-13)26-15-7-8-19(23)16(11-15)14-5-3-2-4-6-14/h4-13,25H,3,14H2,1-2H3;2-11,23H,12H2,1H3,(H,24,25). The zero-order valence-electron chi connectivity index (χ0n) is 30.5. The number of hydrogen-bond donors (Lipinski definition) is 3. The largest absolute Gasteiger partial charge is 0.507 e. The van der Waals surface area contributed by atoms with Gasteiger partial charge in [0.25, 0.3) is 0 Å². The average molecular weight is 875 g/mol. The zero-order chi connectivity index (χ0) is 40.6. The third-order valence-electron chi connectivity index (χ3n) is 8.01. The lowest BCUT2D eigenvalue weighted by molar-refractivity contribution is 0.336. The highest BCUT2D eigenvalue weighted by molar-refractivity contribution is 7.57. The Morgan fingerprint density at radius 2 is 0.929 bits per heavy atom. The number of aromatic hydroxyl groups is 2. The van der Waals surface area contributed by atoms with Crippen LogP contribution in [0.15, 0.2) is 121 Å². The second kappa shape index (κ2) is 19.0. The van der Waals surface area contributed by atoms with Crippen LogP contribution in [-0.2, 0) is 26.0 Å². The van der Waals surface area contributed by atoms with Crippen molar-refractivity contribution in [2.45, 2.75) is 19.2 Å². The highest BCUT2D eigenvalue weighted by atomic mass is 35.5. The quantitative estimate of drug-likeness (QED) is 0.104. The maximum Gasteiger partial charge on any atom is 0.204 e. The Hall–Kier alpha value is -3.94. The van der Waals surface area contributed by atoms with E-state index in [0.29, 0.717) is 56.2 Å². The topological polar surface area (TPSA) is 123 Å². The molecule has 14 heteroatoms. The Bertz CT molecular complexity index is 2360. The van der Waals surface area contributed by atoms with E-state index in [1.807, 2.05) is 60.7 Å². The Kier molecular flexibility index (Phi) is 14.7. The lowest BCUT2D eigenvalue weighted by atomic mass is 10.0. The average Bonchev–Trinajstić information content (AvgIpc) is 3.13. The van der Waals surface area contributed by atoms with Crippen molar-refractivity contribution in [3.63, 3.8) is 0 Å². The smallest absolute Gasteiger partial charge is 0.204 e. The highest BCUT2D eigenvalue weighted by Crippen LogP contribution is 2.49. The maximum atomic E-state index is 12.4. The third-order valence-corrected chi connectivity index (χ3v) is 11.8. The number of rotatable bonds is 12. The molecule has 6 aromatic rings. The van der Waals surface area contributed by atoms with Crippen molar-refractivity contribution in [2.75, 3.05) is 19.9 Å². The summed E-state index contributed by atoms with van der Waals surface area (Å²) < 4.78 is 41.1. The molecule has 0 aliphatic heterocycles. The van der Waals surface area contributed by atoms with Gasteiger partial charge in [-0.15, -0.1) is 0 Å². The van der Waals surface area contributed by atoms with Crippen molar-refractivity contribution in [2.24, 2.45) is 0 Å². The summed E-state index contributed by atoms with van der Waals surface area (Å²) in [6.45, 7) is 5.04. The Morgan fingerprint density at radius 3 is 1.29 bits per heavy atom. The Labute approximate surface area is 346 Å². The van der Waals surface area contributed by atoms with E-state index in [4.69, 9.17) is 60.4 Å². The van der Waals surface area contributed by atoms with E-state index >= 15 is 0 Å². The van der Waals surface area contributed by atoms with Gasteiger partial charge in [-0.05, 0) is 89.8 Å². The van der Waals surface area contributed by atoms with Gasteiger partial charge in [-0.2, -0.15) is 0 Å². The molecule has 2 atom stereocenters. The molecule has 3 N–H and O–H groups in total. The monoisotopic (exact) mass is 872 g/mol. The SMILES string of the molecule is CCOP(C)(=O)Cc1cc(Cl)c(Oc2ccc(O)c(-c3ccccc3)c2)c(Cl)c1.CP(=O)(O)Cc1cc(Cl)c(Oc2ccc(O)c(-c3ccccc3)c2)c(Cl)c1. The molecule has 0 fully saturated rings. The van der Waals surface area contributed by atoms with Crippen molar-refractivity contribution in [1.29, 1.82) is 0 Å². The number of benzene rings is 6. The molecular formula is C42H38Cl4O8P2. The summed E-state index contributed by atoms with van der Waals surface area (Å²) in [7, 11) is -6.01. The summed E-state index contributed by atoms with van der Waals surface area (Å²) in [5.74, 6) is 1.74. The van der Waals surface area contributed by atoms with E-state index in [9.17, 15) is 24.2 Å². The van der Waals surface area contributed by atoms with E-state index in [1.165, 1.54) is 12.7 Å². The first-order valence-corrected chi connectivity index (χ1v) is 23.2. The highest BCUT2D eigenvalue weighted by Gasteiger charge is 2.20. The van der Waals surface area contributed by atoms with Gasteiger partial charge in [0.15, 0.2) is 11.5 Å². The fourth-order valence-electron chi connectivity index (χ4n) is 5.68. The van der Waals surface area contributed by atoms with Crippen LogP contribution in [-0.4, -0.2) is 35.0 Å². The van der Waals surface area contributed by atoms with Crippen molar-refractivity contribution < 1.29 is 38.2 Å². The third kappa shape index (κ3) is 12.0. The first-order valence-electron chi connectivity index (χ1n) is 17.1. The number of phenols is 2. The van der Waals surface area contributed by atoms with Crippen molar-refractivity contribution >= 4 is 61.1 Å². The van der Waals surface area contributed by atoms with Crippen LogP contribution in [0.3, 0.4) is 0 Å². The van der Waals surface area contributed by atoms with E-state index in [-0.39, 0.29) is 39.6 Å². The lowest BCUT2D eigenvalue weighted by Gasteiger charge is -2.15. The van der Waals surface area contributed by atoms with Crippen LogP contribution in [0, 0.1) is 0 Å². The molecule has 0 aliphatic carbocycles. The molecule has 292 valence electrons. The van der Waals surface area contributed by atoms with Crippen LogP contribution in [0.25, 0.3) is 22.3 Å². The minimum atomic E-state index is -3.24. The van der Waals surface area contributed by atoms with Crippen LogP contribution in [0.2, 0.25) is 20.1 Å². The van der Waals surface area contributed by atoms with Crippen molar-refractivity contribution in [3.05, 3.63) is 153 Å². The lowest BCUT2D eigenvalue weighted by Crippen LogP contribution is -1.95. The van der Waals surface area contributed by atoms with Gasteiger partial charge in [0.05, 0.1) is 26.7 Å². The molecule has 0 spiro atoms. The summed E-state index contributed by atoms with van der Waals surface area (Å²) in [5.41, 5.74) is 4.22. The predicted octanol–water partition coefficient (Wildman–Crippen LogP) is 14.2. The summed E-state index contributed by atoms with van der Waals surface area (Å²) in [6.07, 6.45) is 0.210.